The van der Waals surface area contributed by atoms with Gasteiger partial charge >= 0.3 is 5.97 Å². The van der Waals surface area contributed by atoms with E-state index in [9.17, 15) is 4.79 Å². The predicted molar refractivity (Wildman–Crippen MR) is 61.3 cm³/mol. The van der Waals surface area contributed by atoms with Crippen LogP contribution in [0.5, 0.6) is 0 Å². The van der Waals surface area contributed by atoms with Crippen molar-refractivity contribution in [3.05, 3.63) is 0 Å². The molecule has 0 aromatic heterocycles. The van der Waals surface area contributed by atoms with Gasteiger partial charge in [-0.15, -0.1) is 11.6 Å². The van der Waals surface area contributed by atoms with E-state index in [4.69, 9.17) is 49.0 Å². The molecule has 1 aliphatic rings. The van der Waals surface area contributed by atoms with E-state index in [1.54, 1.807) is 0 Å². The molecule has 0 spiro atoms. The van der Waals surface area contributed by atoms with Crippen LogP contribution in [0.1, 0.15) is 6.42 Å². The zero-order valence-electron chi connectivity index (χ0n) is 8.59. The molecular weight excluding hydrogens is 278 g/mol. The summed E-state index contributed by atoms with van der Waals surface area (Å²) >= 11 is 17.6. The van der Waals surface area contributed by atoms with E-state index in [1.807, 2.05) is 0 Å². The summed E-state index contributed by atoms with van der Waals surface area (Å²) in [7, 11) is 0. The highest BCUT2D eigenvalue weighted by Gasteiger charge is 2.37. The SMILES string of the molecule is O=C1OCCOCCOCC(Cl)CC1(Cl)Cl. The normalized spacial score (nSPS) is 28.7. The highest BCUT2D eigenvalue weighted by atomic mass is 35.5. The van der Waals surface area contributed by atoms with Crippen molar-refractivity contribution in [2.24, 2.45) is 0 Å². The van der Waals surface area contributed by atoms with Crippen molar-refractivity contribution in [1.29, 1.82) is 0 Å². The van der Waals surface area contributed by atoms with E-state index in [0.29, 0.717) is 19.8 Å². The molecule has 0 amide bonds. The first kappa shape index (κ1) is 14.3. The van der Waals surface area contributed by atoms with Crippen molar-refractivity contribution < 1.29 is 19.0 Å². The fourth-order valence-electron chi connectivity index (χ4n) is 1.15. The molecule has 0 aromatic carbocycles. The highest BCUT2D eigenvalue weighted by molar-refractivity contribution is 6.57. The molecule has 0 saturated carbocycles. The smallest absolute Gasteiger partial charge is 0.342 e. The lowest BCUT2D eigenvalue weighted by Crippen LogP contribution is -2.34. The number of carbonyl (C=O) groups is 1. The topological polar surface area (TPSA) is 44.8 Å². The van der Waals surface area contributed by atoms with Crippen LogP contribution < -0.4 is 0 Å². The third-order valence-electron chi connectivity index (χ3n) is 1.91. The lowest BCUT2D eigenvalue weighted by molar-refractivity contribution is -0.146. The van der Waals surface area contributed by atoms with Crippen LogP contribution >= 0.6 is 34.8 Å². The Bertz CT molecular complexity index is 235. The maximum absolute atomic E-state index is 11.5. The summed E-state index contributed by atoms with van der Waals surface area (Å²) in [5.41, 5.74) is 0. The molecule has 0 aliphatic carbocycles. The monoisotopic (exact) mass is 290 g/mol. The Hall–Kier alpha value is 0.260. The van der Waals surface area contributed by atoms with Crippen LogP contribution in [-0.2, 0) is 19.0 Å². The Labute approximate surface area is 109 Å². The molecule has 0 radical (unpaired) electrons. The lowest BCUT2D eigenvalue weighted by Gasteiger charge is -2.21. The minimum Gasteiger partial charge on any atom is -0.461 e. The summed E-state index contributed by atoms with van der Waals surface area (Å²) < 4.78 is 13.6. The third-order valence-corrected chi connectivity index (χ3v) is 2.81. The van der Waals surface area contributed by atoms with Gasteiger partial charge in [-0.1, -0.05) is 23.2 Å². The van der Waals surface area contributed by atoms with Gasteiger partial charge in [-0.25, -0.2) is 4.79 Å². The van der Waals surface area contributed by atoms with Crippen LogP contribution in [0.25, 0.3) is 0 Å². The second kappa shape index (κ2) is 6.87. The van der Waals surface area contributed by atoms with Crippen molar-refractivity contribution in [1.82, 2.24) is 0 Å². The quantitative estimate of drug-likeness (QED) is 0.504. The van der Waals surface area contributed by atoms with Gasteiger partial charge in [0.1, 0.15) is 6.61 Å². The molecular formula is C9H13Cl3O4. The number of halogens is 3. The van der Waals surface area contributed by atoms with Gasteiger partial charge in [0, 0.05) is 6.42 Å². The first-order valence-electron chi connectivity index (χ1n) is 4.87. The largest absolute Gasteiger partial charge is 0.461 e. The summed E-state index contributed by atoms with van der Waals surface area (Å²) in [6.45, 7) is 1.55. The van der Waals surface area contributed by atoms with Gasteiger partial charge in [0.15, 0.2) is 0 Å². The zero-order chi connectivity index (χ0) is 12.0. The van der Waals surface area contributed by atoms with Crippen molar-refractivity contribution in [3.63, 3.8) is 0 Å². The van der Waals surface area contributed by atoms with Crippen molar-refractivity contribution >= 4 is 40.8 Å². The minimum atomic E-state index is -1.63. The molecule has 1 rings (SSSR count). The van der Waals surface area contributed by atoms with Gasteiger partial charge in [-0.3, -0.25) is 0 Å². The van der Waals surface area contributed by atoms with Gasteiger partial charge in [-0.2, -0.15) is 0 Å². The van der Waals surface area contributed by atoms with Crippen molar-refractivity contribution in [3.8, 4) is 0 Å². The van der Waals surface area contributed by atoms with E-state index in [2.05, 4.69) is 0 Å². The molecule has 1 fully saturated rings. The van der Waals surface area contributed by atoms with Crippen LogP contribution in [0.4, 0.5) is 0 Å². The Balaban J connectivity index is 2.53. The highest BCUT2D eigenvalue weighted by Crippen LogP contribution is 2.30. The predicted octanol–water partition coefficient (Wildman–Crippen LogP) is 1.75. The maximum Gasteiger partial charge on any atom is 0.342 e. The van der Waals surface area contributed by atoms with E-state index >= 15 is 0 Å². The molecule has 7 heteroatoms. The first-order chi connectivity index (χ1) is 7.52. The number of ether oxygens (including phenoxy) is 3. The molecule has 1 heterocycles. The van der Waals surface area contributed by atoms with Gasteiger partial charge in [0.25, 0.3) is 0 Å². The Morgan fingerprint density at radius 3 is 2.50 bits per heavy atom. The van der Waals surface area contributed by atoms with Crippen LogP contribution in [0.2, 0.25) is 0 Å². The van der Waals surface area contributed by atoms with E-state index in [1.165, 1.54) is 0 Å². The fraction of sp³-hybridized carbons (Fsp3) is 0.889. The van der Waals surface area contributed by atoms with Gasteiger partial charge < -0.3 is 14.2 Å². The molecule has 1 saturated heterocycles. The number of hydrogen-bond acceptors (Lipinski definition) is 4. The lowest BCUT2D eigenvalue weighted by atomic mass is 10.2. The Morgan fingerprint density at radius 2 is 1.75 bits per heavy atom. The second-order valence-electron chi connectivity index (χ2n) is 3.33. The van der Waals surface area contributed by atoms with Crippen LogP contribution in [0, 0.1) is 0 Å². The number of esters is 1. The van der Waals surface area contributed by atoms with Crippen LogP contribution in [0.3, 0.4) is 0 Å². The van der Waals surface area contributed by atoms with Crippen LogP contribution in [-0.4, -0.2) is 48.7 Å². The average molecular weight is 292 g/mol. The Kier molecular flexibility index (Phi) is 6.15. The number of carbonyl (C=O) groups excluding carboxylic acids is 1. The number of hydrogen-bond donors (Lipinski definition) is 0. The standard InChI is InChI=1S/C9H13Cl3O4/c10-7-5-9(11,12)8(13)16-4-3-14-1-2-15-6-7/h7H,1-6H2. The third kappa shape index (κ3) is 5.06. The first-order valence-corrected chi connectivity index (χ1v) is 6.06. The van der Waals surface area contributed by atoms with Gasteiger partial charge in [0.2, 0.25) is 4.33 Å². The molecule has 4 nitrogen and oxygen atoms in total. The summed E-state index contributed by atoms with van der Waals surface area (Å²) in [4.78, 5) is 11.5. The van der Waals surface area contributed by atoms with Crippen molar-refractivity contribution in [2.45, 2.75) is 16.1 Å². The summed E-state index contributed by atoms with van der Waals surface area (Å²) in [5.74, 6) is -0.703. The molecule has 94 valence electrons. The van der Waals surface area contributed by atoms with Gasteiger partial charge in [-0.05, 0) is 0 Å². The maximum atomic E-state index is 11.5. The number of alkyl halides is 3. The van der Waals surface area contributed by atoms with E-state index in [-0.39, 0.29) is 19.6 Å². The molecule has 16 heavy (non-hydrogen) atoms. The molecule has 0 N–H and O–H groups in total. The summed E-state index contributed by atoms with van der Waals surface area (Å²) in [6.07, 6.45) is 0.0807. The second-order valence-corrected chi connectivity index (χ2v) is 5.43. The van der Waals surface area contributed by atoms with Crippen LogP contribution in [0.15, 0.2) is 0 Å². The van der Waals surface area contributed by atoms with Crippen molar-refractivity contribution in [2.75, 3.05) is 33.0 Å². The van der Waals surface area contributed by atoms with Gasteiger partial charge in [0.05, 0.1) is 31.8 Å². The Morgan fingerprint density at radius 1 is 1.12 bits per heavy atom. The average Bonchev–Trinajstić information content (AvgIpc) is 2.19. The van der Waals surface area contributed by atoms with E-state index in [0.717, 1.165) is 0 Å². The molecule has 1 aliphatic heterocycles. The molecule has 0 aromatic rings. The zero-order valence-corrected chi connectivity index (χ0v) is 10.9. The summed E-state index contributed by atoms with van der Waals surface area (Å²) in [5, 5.41) is -0.443. The molecule has 1 atom stereocenters. The minimum absolute atomic E-state index is 0.0807. The van der Waals surface area contributed by atoms with E-state index < -0.39 is 15.7 Å². The number of rotatable bonds is 0. The fourth-order valence-corrected chi connectivity index (χ4v) is 2.11. The summed E-state index contributed by atoms with van der Waals surface area (Å²) in [6, 6.07) is 0. The molecule has 0 bridgehead atoms. The number of cyclic esters (lactones) is 1. The molecule has 1 unspecified atom stereocenters.